The Morgan fingerprint density at radius 1 is 1.11 bits per heavy atom. The highest BCUT2D eigenvalue weighted by Gasteiger charge is 2.42. The molecular weight excluding hydrogens is 226 g/mol. The van der Waals surface area contributed by atoms with Crippen LogP contribution in [0, 0.1) is 19.8 Å². The van der Waals surface area contributed by atoms with E-state index in [4.69, 9.17) is 0 Å². The molecule has 0 bridgehead atoms. The summed E-state index contributed by atoms with van der Waals surface area (Å²) in [5, 5.41) is 23.1. The number of fused-ring (bicyclic) bond motifs is 3. The zero-order valence-electron chi connectivity index (χ0n) is 10.9. The summed E-state index contributed by atoms with van der Waals surface area (Å²) in [5.41, 5.74) is 4.82. The number of rotatable bonds is 0. The molecular formula is C15H19NO2. The summed E-state index contributed by atoms with van der Waals surface area (Å²) < 4.78 is 0. The van der Waals surface area contributed by atoms with Crippen LogP contribution in [0.3, 0.4) is 0 Å². The van der Waals surface area contributed by atoms with Gasteiger partial charge in [0.05, 0.1) is 5.71 Å². The largest absolute Gasteiger partial charge is 0.507 e. The van der Waals surface area contributed by atoms with Gasteiger partial charge in [0.1, 0.15) is 5.75 Å². The van der Waals surface area contributed by atoms with Crippen LogP contribution in [0.15, 0.2) is 11.2 Å². The minimum atomic E-state index is 0.296. The molecule has 0 aromatic heterocycles. The van der Waals surface area contributed by atoms with Gasteiger partial charge in [0, 0.05) is 11.5 Å². The van der Waals surface area contributed by atoms with Crippen LogP contribution in [0.1, 0.15) is 53.9 Å². The quantitative estimate of drug-likeness (QED) is 0.543. The summed E-state index contributed by atoms with van der Waals surface area (Å²) in [6, 6.07) is 2.04. The molecule has 2 atom stereocenters. The fourth-order valence-electron chi connectivity index (χ4n) is 3.84. The van der Waals surface area contributed by atoms with E-state index in [0.29, 0.717) is 23.3 Å². The number of phenolic OH excluding ortho intramolecular Hbond substituents is 1. The van der Waals surface area contributed by atoms with E-state index in [-0.39, 0.29) is 0 Å². The number of oxime groups is 1. The third-order valence-corrected chi connectivity index (χ3v) is 4.59. The van der Waals surface area contributed by atoms with Crippen molar-refractivity contribution in [3.05, 3.63) is 28.3 Å². The fraction of sp³-hybridized carbons (Fsp3) is 0.533. The van der Waals surface area contributed by atoms with Gasteiger partial charge in [0.25, 0.3) is 0 Å². The molecule has 0 saturated heterocycles. The first-order valence-electron chi connectivity index (χ1n) is 6.70. The minimum absolute atomic E-state index is 0.296. The Bertz CT molecular complexity index is 534. The lowest BCUT2D eigenvalue weighted by atomic mass is 9.78. The normalized spacial score (nSPS) is 28.2. The molecule has 18 heavy (non-hydrogen) atoms. The Labute approximate surface area is 107 Å². The van der Waals surface area contributed by atoms with E-state index >= 15 is 0 Å². The van der Waals surface area contributed by atoms with Gasteiger partial charge in [-0.15, -0.1) is 0 Å². The summed E-state index contributed by atoms with van der Waals surface area (Å²) >= 11 is 0. The van der Waals surface area contributed by atoms with Crippen LogP contribution in [0.2, 0.25) is 0 Å². The molecule has 1 fully saturated rings. The smallest absolute Gasteiger partial charge is 0.127 e. The summed E-state index contributed by atoms with van der Waals surface area (Å²) in [4.78, 5) is 0. The maximum absolute atomic E-state index is 10.3. The average Bonchev–Trinajstić information content (AvgIpc) is 2.70. The van der Waals surface area contributed by atoms with Crippen LogP contribution in [-0.4, -0.2) is 16.0 Å². The number of phenols is 1. The van der Waals surface area contributed by atoms with E-state index in [2.05, 4.69) is 12.1 Å². The lowest BCUT2D eigenvalue weighted by molar-refractivity contribution is 0.308. The topological polar surface area (TPSA) is 52.8 Å². The summed E-state index contributed by atoms with van der Waals surface area (Å²) in [6.07, 6.45) is 4.62. The third kappa shape index (κ3) is 1.39. The highest BCUT2D eigenvalue weighted by atomic mass is 16.4. The summed E-state index contributed by atoms with van der Waals surface area (Å²) in [7, 11) is 0. The Balaban J connectivity index is 2.27. The number of nitrogens with zero attached hydrogens (tertiary/aromatic N) is 1. The SMILES string of the molecule is Cc1cc(C)c2c(c1O)C(=NO)C1CCCCC21. The van der Waals surface area contributed by atoms with E-state index < -0.39 is 0 Å². The van der Waals surface area contributed by atoms with E-state index in [1.807, 2.05) is 13.0 Å². The van der Waals surface area contributed by atoms with Crippen LogP contribution in [0.25, 0.3) is 0 Å². The van der Waals surface area contributed by atoms with Gasteiger partial charge in [-0.25, -0.2) is 0 Å². The summed E-state index contributed by atoms with van der Waals surface area (Å²) in [6.45, 7) is 4.00. The molecule has 1 saturated carbocycles. The number of aromatic hydroxyl groups is 1. The standard InChI is InChI=1S/C15H19NO2/c1-8-7-9(2)15(17)13-12(8)10-5-3-4-6-11(10)14(13)16-18/h7,10-11,17-18H,3-6H2,1-2H3. The molecule has 2 aliphatic rings. The lowest BCUT2D eigenvalue weighted by Gasteiger charge is -2.25. The lowest BCUT2D eigenvalue weighted by Crippen LogP contribution is -2.18. The number of aryl methyl sites for hydroxylation is 2. The van der Waals surface area contributed by atoms with Crippen LogP contribution in [-0.2, 0) is 0 Å². The number of benzene rings is 1. The van der Waals surface area contributed by atoms with Gasteiger partial charge >= 0.3 is 0 Å². The molecule has 0 heterocycles. The van der Waals surface area contributed by atoms with Crippen LogP contribution >= 0.6 is 0 Å². The van der Waals surface area contributed by atoms with Gasteiger partial charge in [-0.1, -0.05) is 24.1 Å². The molecule has 2 aliphatic carbocycles. The first-order valence-corrected chi connectivity index (χ1v) is 6.70. The average molecular weight is 245 g/mol. The van der Waals surface area contributed by atoms with Gasteiger partial charge in [0.15, 0.2) is 0 Å². The maximum atomic E-state index is 10.3. The van der Waals surface area contributed by atoms with Crippen LogP contribution < -0.4 is 0 Å². The molecule has 0 spiro atoms. The fourth-order valence-corrected chi connectivity index (χ4v) is 3.84. The second-order valence-corrected chi connectivity index (χ2v) is 5.63. The van der Waals surface area contributed by atoms with Crippen molar-refractivity contribution < 1.29 is 10.3 Å². The van der Waals surface area contributed by atoms with Crippen LogP contribution in [0.5, 0.6) is 5.75 Å². The number of hydrogen-bond acceptors (Lipinski definition) is 3. The van der Waals surface area contributed by atoms with E-state index in [1.54, 1.807) is 0 Å². The molecule has 2 N–H and O–H groups in total. The first kappa shape index (κ1) is 11.6. The van der Waals surface area contributed by atoms with Crippen molar-refractivity contribution in [2.75, 3.05) is 0 Å². The van der Waals surface area contributed by atoms with Gasteiger partial charge in [-0.05, 0) is 49.3 Å². The molecule has 1 aromatic carbocycles. The van der Waals surface area contributed by atoms with Crippen molar-refractivity contribution in [2.45, 2.75) is 45.4 Å². The van der Waals surface area contributed by atoms with Gasteiger partial charge in [-0.3, -0.25) is 0 Å². The van der Waals surface area contributed by atoms with Crippen molar-refractivity contribution in [1.29, 1.82) is 0 Å². The van der Waals surface area contributed by atoms with E-state index in [0.717, 1.165) is 24.0 Å². The molecule has 3 heteroatoms. The Kier molecular flexibility index (Phi) is 2.58. The highest BCUT2D eigenvalue weighted by Crippen LogP contribution is 2.51. The van der Waals surface area contributed by atoms with Gasteiger partial charge in [-0.2, -0.15) is 0 Å². The van der Waals surface area contributed by atoms with Crippen molar-refractivity contribution >= 4 is 5.71 Å². The first-order chi connectivity index (χ1) is 8.65. The zero-order valence-corrected chi connectivity index (χ0v) is 10.9. The summed E-state index contributed by atoms with van der Waals surface area (Å²) in [5.74, 6) is 1.04. The Morgan fingerprint density at radius 2 is 1.78 bits per heavy atom. The van der Waals surface area contributed by atoms with E-state index in [1.165, 1.54) is 24.0 Å². The molecule has 1 aromatic rings. The molecule has 2 unspecified atom stereocenters. The molecule has 0 amide bonds. The maximum Gasteiger partial charge on any atom is 0.127 e. The monoisotopic (exact) mass is 245 g/mol. The Morgan fingerprint density at radius 3 is 2.44 bits per heavy atom. The van der Waals surface area contributed by atoms with Crippen LogP contribution in [0.4, 0.5) is 0 Å². The van der Waals surface area contributed by atoms with Crippen molar-refractivity contribution in [1.82, 2.24) is 0 Å². The van der Waals surface area contributed by atoms with Crippen molar-refractivity contribution in [3.8, 4) is 5.75 Å². The molecule has 0 aliphatic heterocycles. The van der Waals surface area contributed by atoms with Crippen molar-refractivity contribution in [3.63, 3.8) is 0 Å². The zero-order chi connectivity index (χ0) is 12.9. The third-order valence-electron chi connectivity index (χ3n) is 4.59. The molecule has 3 rings (SSSR count). The van der Waals surface area contributed by atoms with Gasteiger partial charge < -0.3 is 10.3 Å². The van der Waals surface area contributed by atoms with Crippen molar-refractivity contribution in [2.24, 2.45) is 11.1 Å². The highest BCUT2D eigenvalue weighted by molar-refractivity contribution is 6.09. The van der Waals surface area contributed by atoms with Gasteiger partial charge in [0.2, 0.25) is 0 Å². The molecule has 3 nitrogen and oxygen atoms in total. The van der Waals surface area contributed by atoms with E-state index in [9.17, 15) is 10.3 Å². The second kappa shape index (κ2) is 4.01. The second-order valence-electron chi connectivity index (χ2n) is 5.63. The Hall–Kier alpha value is -1.51. The number of hydrogen-bond donors (Lipinski definition) is 2. The predicted molar refractivity (Wildman–Crippen MR) is 70.6 cm³/mol. The molecule has 96 valence electrons. The minimum Gasteiger partial charge on any atom is -0.507 e. The molecule has 0 radical (unpaired) electrons. The predicted octanol–water partition coefficient (Wildman–Crippen LogP) is 3.47.